The first-order chi connectivity index (χ1) is 41.8. The maximum absolute atomic E-state index is 11.5. The molecule has 12 nitrogen and oxygen atoms in total. The molecule has 6 aromatic rings. The normalized spacial score (nSPS) is 12.2. The largest absolute Gasteiger partial charge is 0.497 e. The molecule has 480 valence electrons. The van der Waals surface area contributed by atoms with E-state index in [0.29, 0.717) is 0 Å². The minimum Gasteiger partial charge on any atom is -0.497 e. The van der Waals surface area contributed by atoms with Crippen molar-refractivity contribution in [1.29, 1.82) is 0 Å². The number of anilines is 4. The molecule has 1 unspecified atom stereocenters. The highest BCUT2D eigenvalue weighted by molar-refractivity contribution is 8.77. The number of aldehydes is 1. The second-order valence-electron chi connectivity index (χ2n) is 25.5. The predicted molar refractivity (Wildman–Crippen MR) is 388 cm³/mol. The van der Waals surface area contributed by atoms with E-state index < -0.39 is 0 Å². The van der Waals surface area contributed by atoms with Crippen LogP contribution >= 0.6 is 43.2 Å². The van der Waals surface area contributed by atoms with Crippen LogP contribution < -0.4 is 38.7 Å². The molecule has 0 saturated heterocycles. The number of ether oxygens (including phenoxy) is 3. The van der Waals surface area contributed by atoms with E-state index in [-0.39, 0.29) is 0 Å². The van der Waals surface area contributed by atoms with E-state index in [1.165, 1.54) is 147 Å². The molecule has 0 aliphatic rings. The molecule has 16 heteroatoms. The number of rotatable bonds is 42. The molecule has 1 N–H and O–H groups in total. The second-order valence-corrected chi connectivity index (χ2v) is 30.9. The van der Waals surface area contributed by atoms with Gasteiger partial charge in [-0.05, 0) is 104 Å². The molecule has 0 aromatic heterocycles. The Hall–Kier alpha value is -4.65. The second kappa shape index (κ2) is 38.8. The van der Waals surface area contributed by atoms with Gasteiger partial charge in [0.25, 0.3) is 0 Å². The molecular formula is C71H112N8O4S4+4. The van der Waals surface area contributed by atoms with Gasteiger partial charge in [0, 0.05) is 136 Å². The SMILES string of the molecule is COc1ccc(N(C)CCC[N+](C)(C)CCCCSSCCCC[N+](C)(C)CCCN(C)c2ccc(OC)cc2)cc1.COc1ccc(N(C)CCC[NH+](C)CCSSCC[N+](C)(C)CCCN(C)c2ccc(C=O)c3ccccc23)c2ccccc12. The monoisotopic (exact) mass is 1270 g/mol. The van der Waals surface area contributed by atoms with E-state index in [0.717, 1.165) is 92.5 Å². The standard InChI is InChI=1S/C37H51N4O2S2.C34H60N4O2S2/c1-38(21-11-22-39(2)36-19-20-37(43-6)34-16-10-9-15-33(34)36)24-27-44-45-28-26-41(4,5)25-12-23-40(3)35-18-17-30(29-42)31-13-7-8-14-32(31)35;1-35(31-15-19-33(39-7)20-16-31)23-13-27-37(3,4)25-9-11-29-41-42-30-12-10-26-38(5,6)28-14-24-36(2)32-17-21-34(40-8)22-18-32/h7-10,13-20,29H,11-12,21-28H2,1-6H3;15-22H,9-14,23-30H2,1-8H3/q+1;+2/p+1. The summed E-state index contributed by atoms with van der Waals surface area (Å²) in [6.07, 6.45) is 10.9. The van der Waals surface area contributed by atoms with Crippen molar-refractivity contribution in [3.05, 3.63) is 127 Å². The van der Waals surface area contributed by atoms with Crippen molar-refractivity contribution in [2.45, 2.75) is 51.4 Å². The molecule has 0 saturated carbocycles. The Morgan fingerprint density at radius 2 is 0.805 bits per heavy atom. The van der Waals surface area contributed by atoms with Crippen molar-refractivity contribution in [3.63, 3.8) is 0 Å². The highest BCUT2D eigenvalue weighted by Crippen LogP contribution is 2.34. The smallest absolute Gasteiger partial charge is 0.150 e. The number of benzene rings is 6. The van der Waals surface area contributed by atoms with Crippen LogP contribution in [0.2, 0.25) is 0 Å². The number of methoxy groups -OCH3 is 3. The highest BCUT2D eigenvalue weighted by Gasteiger charge is 2.19. The van der Waals surface area contributed by atoms with E-state index >= 15 is 0 Å². The molecule has 1 atom stereocenters. The molecule has 0 heterocycles. The first kappa shape index (κ1) is 73.1. The minimum absolute atomic E-state index is 0.756. The Balaban J connectivity index is 0.000000318. The summed E-state index contributed by atoms with van der Waals surface area (Å²) in [4.78, 5) is 22.5. The third-order valence-corrected chi connectivity index (χ3v) is 21.9. The van der Waals surface area contributed by atoms with Crippen LogP contribution in [0.4, 0.5) is 22.7 Å². The van der Waals surface area contributed by atoms with E-state index in [1.54, 1.807) is 26.2 Å². The maximum Gasteiger partial charge on any atom is 0.150 e. The summed E-state index contributed by atoms with van der Waals surface area (Å²) in [5.41, 5.74) is 5.72. The number of nitrogens with zero attached hydrogens (tertiary/aromatic N) is 7. The van der Waals surface area contributed by atoms with Crippen molar-refractivity contribution in [3.8, 4) is 17.2 Å². The van der Waals surface area contributed by atoms with E-state index in [9.17, 15) is 4.79 Å². The maximum atomic E-state index is 11.5. The first-order valence-electron chi connectivity index (χ1n) is 31.7. The number of nitrogens with one attached hydrogen (secondary N) is 1. The van der Waals surface area contributed by atoms with Crippen LogP contribution in [-0.2, 0) is 0 Å². The third kappa shape index (κ3) is 26.4. The van der Waals surface area contributed by atoms with Gasteiger partial charge in [0.1, 0.15) is 17.2 Å². The van der Waals surface area contributed by atoms with Crippen LogP contribution in [0.5, 0.6) is 17.2 Å². The summed E-state index contributed by atoms with van der Waals surface area (Å²) < 4.78 is 19.4. The summed E-state index contributed by atoms with van der Waals surface area (Å²) in [6.45, 7) is 13.9. The van der Waals surface area contributed by atoms with E-state index in [4.69, 9.17) is 14.2 Å². The average Bonchev–Trinajstić information content (AvgIpc) is 2.92. The van der Waals surface area contributed by atoms with E-state index in [2.05, 4.69) is 198 Å². The molecule has 87 heavy (non-hydrogen) atoms. The molecule has 0 amide bonds. The minimum atomic E-state index is 0.756. The molecule has 0 aliphatic heterocycles. The van der Waals surface area contributed by atoms with Crippen molar-refractivity contribution in [2.24, 2.45) is 0 Å². The Bertz CT molecular complexity index is 2800. The van der Waals surface area contributed by atoms with Gasteiger partial charge in [-0.2, -0.15) is 0 Å². The number of hydrogen-bond donors (Lipinski definition) is 1. The summed E-state index contributed by atoms with van der Waals surface area (Å²) in [5.74, 6) is 7.66. The Kier molecular flexibility index (Phi) is 32.6. The van der Waals surface area contributed by atoms with Crippen molar-refractivity contribution >= 4 is 93.8 Å². The van der Waals surface area contributed by atoms with Crippen LogP contribution in [-0.4, -0.2) is 220 Å². The molecule has 0 radical (unpaired) electrons. The topological polar surface area (TPSA) is 62.2 Å². The number of unbranched alkanes of at least 4 members (excludes halogenated alkanes) is 2. The first-order valence-corrected chi connectivity index (χ1v) is 36.7. The van der Waals surface area contributed by atoms with Gasteiger partial charge in [-0.1, -0.05) is 91.7 Å². The zero-order valence-electron chi connectivity index (χ0n) is 56.0. The summed E-state index contributed by atoms with van der Waals surface area (Å²) in [6, 6.07) is 41.7. The van der Waals surface area contributed by atoms with Crippen molar-refractivity contribution in [2.75, 3.05) is 220 Å². The van der Waals surface area contributed by atoms with Crippen LogP contribution in [0, 0.1) is 0 Å². The lowest BCUT2D eigenvalue weighted by Gasteiger charge is -2.31. The quantitative estimate of drug-likeness (QED) is 0.0172. The van der Waals surface area contributed by atoms with Gasteiger partial charge in [-0.3, -0.25) is 4.79 Å². The fourth-order valence-corrected chi connectivity index (χ4v) is 15.8. The fraction of sp³-hybridized carbons (Fsp3) is 0.535. The lowest BCUT2D eigenvalue weighted by Crippen LogP contribution is -3.09. The Morgan fingerprint density at radius 3 is 1.29 bits per heavy atom. The number of hydrogen-bond acceptors (Lipinski definition) is 12. The molecule has 0 spiro atoms. The van der Waals surface area contributed by atoms with Crippen LogP contribution in [0.15, 0.2) is 121 Å². The highest BCUT2D eigenvalue weighted by atomic mass is 33.1. The molecule has 0 aliphatic carbocycles. The van der Waals surface area contributed by atoms with Crippen LogP contribution in [0.3, 0.4) is 0 Å². The Morgan fingerprint density at radius 1 is 0.402 bits per heavy atom. The number of carbonyl (C=O) groups excluding carboxylic acids is 1. The van der Waals surface area contributed by atoms with Gasteiger partial charge >= 0.3 is 0 Å². The van der Waals surface area contributed by atoms with Crippen LogP contribution in [0.25, 0.3) is 21.5 Å². The van der Waals surface area contributed by atoms with Gasteiger partial charge in [-0.25, -0.2) is 0 Å². The number of quaternary nitrogens is 4. The van der Waals surface area contributed by atoms with Gasteiger partial charge in [-0.15, -0.1) is 0 Å². The zero-order valence-corrected chi connectivity index (χ0v) is 59.3. The van der Waals surface area contributed by atoms with Gasteiger partial charge in [0.15, 0.2) is 6.29 Å². The summed E-state index contributed by atoms with van der Waals surface area (Å²) in [7, 11) is 38.7. The fourth-order valence-electron chi connectivity index (χ4n) is 11.1. The zero-order chi connectivity index (χ0) is 63.1. The molecule has 0 fully saturated rings. The molecule has 0 bridgehead atoms. The van der Waals surface area contributed by atoms with E-state index in [1.807, 2.05) is 64.1 Å². The molecule has 6 aromatic carbocycles. The van der Waals surface area contributed by atoms with Crippen LogP contribution in [0.1, 0.15) is 61.7 Å². The summed E-state index contributed by atoms with van der Waals surface area (Å²) >= 11 is 0. The van der Waals surface area contributed by atoms with Gasteiger partial charge in [0.2, 0.25) is 0 Å². The Labute approximate surface area is 543 Å². The predicted octanol–water partition coefficient (Wildman–Crippen LogP) is 13.3. The lowest BCUT2D eigenvalue weighted by molar-refractivity contribution is -0.890. The average molecular weight is 1270 g/mol. The third-order valence-electron chi connectivity index (χ3n) is 16.9. The van der Waals surface area contributed by atoms with Gasteiger partial charge in [0.05, 0.1) is 135 Å². The summed E-state index contributed by atoms with van der Waals surface area (Å²) in [5, 5.41) is 4.60. The molecular weight excluding hydrogens is 1160 g/mol. The lowest BCUT2D eigenvalue weighted by atomic mass is 10.0. The molecule has 6 rings (SSSR count). The number of fused-ring (bicyclic) bond motifs is 2. The van der Waals surface area contributed by atoms with Gasteiger partial charge < -0.3 is 52.2 Å². The van der Waals surface area contributed by atoms with Crippen molar-refractivity contribution < 1.29 is 37.4 Å². The number of carbonyl (C=O) groups is 1. The van der Waals surface area contributed by atoms with Crippen molar-refractivity contribution in [1.82, 2.24) is 0 Å².